The van der Waals surface area contributed by atoms with E-state index in [-0.39, 0.29) is 11.9 Å². The van der Waals surface area contributed by atoms with Crippen LogP contribution in [0, 0.1) is 5.92 Å². The molecule has 68 valence electrons. The Hall–Kier alpha value is -0.640. The number of hydrogen-bond donors (Lipinski definition) is 1. The molecule has 1 saturated heterocycles. The number of likely N-dealkylation sites (N-methyl/N-ethyl adjacent to an activating group) is 1. The Morgan fingerprint density at radius 3 is 2.67 bits per heavy atom. The molecule has 0 aromatic heterocycles. The van der Waals surface area contributed by atoms with Crippen molar-refractivity contribution in [2.24, 2.45) is 5.92 Å². The van der Waals surface area contributed by atoms with Crippen LogP contribution in [-0.2, 0) is 4.79 Å². The van der Waals surface area contributed by atoms with Crippen molar-refractivity contribution in [3.8, 4) is 0 Å². The van der Waals surface area contributed by atoms with Crippen molar-refractivity contribution in [1.82, 2.24) is 10.2 Å². The third-order valence-electron chi connectivity index (χ3n) is 2.39. The average Bonchev–Trinajstić information content (AvgIpc) is 2.32. The van der Waals surface area contributed by atoms with Gasteiger partial charge in [-0.1, -0.05) is 20.3 Å². The number of carbonyl (C=O) groups excluding carboxylic acids is 1. The van der Waals surface area contributed by atoms with Crippen molar-refractivity contribution in [3.63, 3.8) is 0 Å². The molecule has 1 amide bonds. The van der Waals surface area contributed by atoms with Crippen LogP contribution in [0.25, 0.3) is 0 Å². The van der Waals surface area contributed by atoms with Crippen LogP contribution in [0.1, 0.15) is 20.3 Å². The van der Waals surface area contributed by atoms with E-state index in [2.05, 4.69) is 19.2 Å². The van der Waals surface area contributed by atoms with Crippen molar-refractivity contribution in [3.05, 3.63) is 0 Å². The maximum absolute atomic E-state index is 11.5. The summed E-state index contributed by atoms with van der Waals surface area (Å²) < 4.78 is 0. The highest BCUT2D eigenvalue weighted by molar-refractivity contribution is 7.80. The average molecular weight is 186 g/mol. The first-order valence-corrected chi connectivity index (χ1v) is 4.56. The molecule has 0 saturated carbocycles. The van der Waals surface area contributed by atoms with Gasteiger partial charge in [0, 0.05) is 7.05 Å². The van der Waals surface area contributed by atoms with Gasteiger partial charge in [0.2, 0.25) is 0 Å². The number of amides is 1. The van der Waals surface area contributed by atoms with Crippen LogP contribution < -0.4 is 5.32 Å². The Kier molecular flexibility index (Phi) is 2.67. The zero-order valence-electron chi connectivity index (χ0n) is 7.63. The number of carbonyl (C=O) groups is 1. The second-order valence-corrected chi connectivity index (χ2v) is 3.60. The molecule has 0 radical (unpaired) electrons. The van der Waals surface area contributed by atoms with Gasteiger partial charge in [-0.25, -0.2) is 0 Å². The first kappa shape index (κ1) is 9.45. The van der Waals surface area contributed by atoms with E-state index in [1.54, 1.807) is 7.05 Å². The van der Waals surface area contributed by atoms with Gasteiger partial charge in [0.15, 0.2) is 5.11 Å². The number of hydrogen-bond acceptors (Lipinski definition) is 2. The standard InChI is InChI=1S/C8H14N2OS/c1-4-5(2)6-7(11)10(3)8(12)9-6/h5-6H,4H2,1-3H3,(H,9,12)/t5-,6+/m0/s1. The summed E-state index contributed by atoms with van der Waals surface area (Å²) in [5.41, 5.74) is 0. The zero-order chi connectivity index (χ0) is 9.30. The Morgan fingerprint density at radius 1 is 1.75 bits per heavy atom. The van der Waals surface area contributed by atoms with Crippen molar-refractivity contribution in [2.45, 2.75) is 26.3 Å². The van der Waals surface area contributed by atoms with Crippen LogP contribution in [0.4, 0.5) is 0 Å². The summed E-state index contributed by atoms with van der Waals surface area (Å²) in [6.45, 7) is 4.12. The van der Waals surface area contributed by atoms with Gasteiger partial charge < -0.3 is 5.32 Å². The first-order valence-electron chi connectivity index (χ1n) is 4.16. The molecule has 0 aromatic rings. The van der Waals surface area contributed by atoms with Gasteiger partial charge in [-0.3, -0.25) is 9.69 Å². The molecule has 0 bridgehead atoms. The molecule has 12 heavy (non-hydrogen) atoms. The highest BCUT2D eigenvalue weighted by Gasteiger charge is 2.35. The topological polar surface area (TPSA) is 32.3 Å². The molecule has 0 aromatic carbocycles. The van der Waals surface area contributed by atoms with E-state index in [4.69, 9.17) is 12.2 Å². The first-order chi connectivity index (χ1) is 5.57. The number of nitrogens with one attached hydrogen (secondary N) is 1. The lowest BCUT2D eigenvalue weighted by molar-refractivity contribution is -0.127. The lowest BCUT2D eigenvalue weighted by Gasteiger charge is -2.14. The fraction of sp³-hybridized carbons (Fsp3) is 0.750. The summed E-state index contributed by atoms with van der Waals surface area (Å²) in [5, 5.41) is 3.56. The highest BCUT2D eigenvalue weighted by atomic mass is 32.1. The molecule has 1 rings (SSSR count). The molecule has 0 unspecified atom stereocenters. The monoisotopic (exact) mass is 186 g/mol. The molecule has 1 N–H and O–H groups in total. The summed E-state index contributed by atoms with van der Waals surface area (Å²) in [7, 11) is 1.71. The fourth-order valence-corrected chi connectivity index (χ4v) is 1.44. The lowest BCUT2D eigenvalue weighted by atomic mass is 10.00. The van der Waals surface area contributed by atoms with Crippen LogP contribution in [0.3, 0.4) is 0 Å². The molecule has 1 aliphatic rings. The highest BCUT2D eigenvalue weighted by Crippen LogP contribution is 2.15. The minimum Gasteiger partial charge on any atom is -0.350 e. The molecule has 3 nitrogen and oxygen atoms in total. The molecule has 1 heterocycles. The zero-order valence-corrected chi connectivity index (χ0v) is 8.44. The van der Waals surface area contributed by atoms with Crippen molar-refractivity contribution >= 4 is 23.2 Å². The van der Waals surface area contributed by atoms with E-state index in [9.17, 15) is 4.79 Å². The molecule has 1 aliphatic heterocycles. The summed E-state index contributed by atoms with van der Waals surface area (Å²) in [6, 6.07) is -0.104. The van der Waals surface area contributed by atoms with E-state index < -0.39 is 0 Å². The number of nitrogens with zero attached hydrogens (tertiary/aromatic N) is 1. The number of thiocarbonyl (C=S) groups is 1. The SMILES string of the molecule is CC[C@H](C)[C@H]1NC(=S)N(C)C1=O. The van der Waals surface area contributed by atoms with E-state index >= 15 is 0 Å². The second-order valence-electron chi connectivity index (χ2n) is 3.21. The van der Waals surface area contributed by atoms with Crippen LogP contribution in [0.15, 0.2) is 0 Å². The smallest absolute Gasteiger partial charge is 0.251 e. The van der Waals surface area contributed by atoms with E-state index in [1.807, 2.05) is 0 Å². The molecule has 4 heteroatoms. The third kappa shape index (κ3) is 1.43. The van der Waals surface area contributed by atoms with Crippen LogP contribution in [0.5, 0.6) is 0 Å². The Morgan fingerprint density at radius 2 is 2.33 bits per heavy atom. The van der Waals surface area contributed by atoms with Gasteiger partial charge in [0.25, 0.3) is 5.91 Å². The molecule has 0 aliphatic carbocycles. The summed E-state index contributed by atoms with van der Waals surface area (Å²) >= 11 is 4.96. The normalized spacial score (nSPS) is 25.9. The molecular formula is C8H14N2OS. The molecule has 1 fully saturated rings. The van der Waals surface area contributed by atoms with E-state index in [0.717, 1.165) is 6.42 Å². The Bertz CT molecular complexity index is 217. The van der Waals surface area contributed by atoms with Crippen LogP contribution in [0.2, 0.25) is 0 Å². The molecular weight excluding hydrogens is 172 g/mol. The van der Waals surface area contributed by atoms with Gasteiger partial charge in [0.1, 0.15) is 6.04 Å². The maximum atomic E-state index is 11.5. The van der Waals surface area contributed by atoms with Crippen LogP contribution in [-0.4, -0.2) is 29.0 Å². The largest absolute Gasteiger partial charge is 0.350 e. The second kappa shape index (κ2) is 3.39. The fourth-order valence-electron chi connectivity index (χ4n) is 1.22. The van der Waals surface area contributed by atoms with Crippen molar-refractivity contribution in [2.75, 3.05) is 7.05 Å². The minimum absolute atomic E-state index is 0.0920. The predicted molar refractivity (Wildman–Crippen MR) is 51.7 cm³/mol. The summed E-state index contributed by atoms with van der Waals surface area (Å²) in [4.78, 5) is 13.0. The minimum atomic E-state index is -0.104. The number of rotatable bonds is 2. The van der Waals surface area contributed by atoms with Crippen LogP contribution >= 0.6 is 12.2 Å². The van der Waals surface area contributed by atoms with Crippen molar-refractivity contribution < 1.29 is 4.79 Å². The lowest BCUT2D eigenvalue weighted by Crippen LogP contribution is -2.35. The Labute approximate surface area is 78.1 Å². The quantitative estimate of drug-likeness (QED) is 0.646. The third-order valence-corrected chi connectivity index (χ3v) is 2.78. The summed E-state index contributed by atoms with van der Waals surface area (Å²) in [5.74, 6) is 0.440. The molecule has 0 spiro atoms. The van der Waals surface area contributed by atoms with Gasteiger partial charge >= 0.3 is 0 Å². The maximum Gasteiger partial charge on any atom is 0.251 e. The van der Waals surface area contributed by atoms with Crippen molar-refractivity contribution in [1.29, 1.82) is 0 Å². The summed E-state index contributed by atoms with van der Waals surface area (Å²) in [6.07, 6.45) is 0.986. The van der Waals surface area contributed by atoms with Gasteiger partial charge in [0.05, 0.1) is 0 Å². The van der Waals surface area contributed by atoms with Gasteiger partial charge in [-0.2, -0.15) is 0 Å². The predicted octanol–water partition coefficient (Wildman–Crippen LogP) is 0.748. The van der Waals surface area contributed by atoms with Gasteiger partial charge in [-0.15, -0.1) is 0 Å². The molecule has 2 atom stereocenters. The van der Waals surface area contributed by atoms with E-state index in [1.165, 1.54) is 4.90 Å². The Balaban J connectivity index is 2.71. The van der Waals surface area contributed by atoms with E-state index in [0.29, 0.717) is 11.0 Å². The van der Waals surface area contributed by atoms with Gasteiger partial charge in [-0.05, 0) is 18.1 Å².